The Kier molecular flexibility index (Phi) is 3.80. The van der Waals surface area contributed by atoms with Crippen LogP contribution in [0, 0.1) is 5.92 Å². The zero-order valence-electron chi connectivity index (χ0n) is 13.1. The van der Waals surface area contributed by atoms with Crippen molar-refractivity contribution in [2.45, 2.75) is 27.2 Å². The highest BCUT2D eigenvalue weighted by atomic mass is 16.5. The number of aromatic nitrogens is 1. The summed E-state index contributed by atoms with van der Waals surface area (Å²) in [4.78, 5) is 15.6. The van der Waals surface area contributed by atoms with Crippen molar-refractivity contribution in [3.63, 3.8) is 0 Å². The standard InChI is InChI=1S/C19H19NO2/c1-12-10-15-6-4-5-7-16(15)19(13(12)2)17-11-20-9-8-18(17)22-14(3)21/h4-9,11-12H,10H2,1-3H3. The molecule has 1 aliphatic carbocycles. The number of rotatable bonds is 2. The van der Waals surface area contributed by atoms with Gasteiger partial charge in [0, 0.05) is 24.9 Å². The van der Waals surface area contributed by atoms with E-state index >= 15 is 0 Å². The smallest absolute Gasteiger partial charge is 0.308 e. The van der Waals surface area contributed by atoms with Crippen LogP contribution < -0.4 is 4.74 Å². The van der Waals surface area contributed by atoms with Gasteiger partial charge in [-0.2, -0.15) is 0 Å². The molecule has 0 fully saturated rings. The highest BCUT2D eigenvalue weighted by molar-refractivity contribution is 5.88. The van der Waals surface area contributed by atoms with E-state index < -0.39 is 0 Å². The number of hydrogen-bond donors (Lipinski definition) is 0. The summed E-state index contributed by atoms with van der Waals surface area (Å²) >= 11 is 0. The zero-order chi connectivity index (χ0) is 15.7. The Balaban J connectivity index is 2.22. The minimum atomic E-state index is -0.317. The topological polar surface area (TPSA) is 39.2 Å². The lowest BCUT2D eigenvalue weighted by Crippen LogP contribution is -2.14. The molecule has 0 bridgehead atoms. The second-order valence-corrected chi connectivity index (χ2v) is 5.79. The highest BCUT2D eigenvalue weighted by Crippen LogP contribution is 2.41. The molecule has 3 nitrogen and oxygen atoms in total. The minimum Gasteiger partial charge on any atom is -0.426 e. The first-order chi connectivity index (χ1) is 10.6. The van der Waals surface area contributed by atoms with Gasteiger partial charge < -0.3 is 4.74 Å². The lowest BCUT2D eigenvalue weighted by atomic mass is 9.78. The maximum Gasteiger partial charge on any atom is 0.308 e. The average molecular weight is 293 g/mol. The van der Waals surface area contributed by atoms with E-state index in [0.29, 0.717) is 11.7 Å². The van der Waals surface area contributed by atoms with Gasteiger partial charge in [0.15, 0.2) is 0 Å². The van der Waals surface area contributed by atoms with Crippen LogP contribution in [-0.2, 0) is 11.2 Å². The molecule has 112 valence electrons. The largest absolute Gasteiger partial charge is 0.426 e. The molecule has 0 amide bonds. The van der Waals surface area contributed by atoms with Gasteiger partial charge in [-0.05, 0) is 42.0 Å². The Labute approximate surface area is 130 Å². The van der Waals surface area contributed by atoms with Gasteiger partial charge in [0.05, 0.1) is 0 Å². The maximum atomic E-state index is 11.4. The van der Waals surface area contributed by atoms with Crippen LogP contribution >= 0.6 is 0 Å². The number of carbonyl (C=O) groups is 1. The number of carbonyl (C=O) groups excluding carboxylic acids is 1. The molecule has 22 heavy (non-hydrogen) atoms. The lowest BCUT2D eigenvalue weighted by Gasteiger charge is -2.27. The number of ether oxygens (including phenoxy) is 1. The molecule has 1 heterocycles. The first kappa shape index (κ1) is 14.5. The monoisotopic (exact) mass is 293 g/mol. The van der Waals surface area contributed by atoms with Crippen LogP contribution in [0.5, 0.6) is 5.75 Å². The van der Waals surface area contributed by atoms with Crippen molar-refractivity contribution in [3.8, 4) is 5.75 Å². The molecule has 0 radical (unpaired) electrons. The summed E-state index contributed by atoms with van der Waals surface area (Å²) in [6.07, 6.45) is 4.47. The zero-order valence-corrected chi connectivity index (χ0v) is 13.1. The average Bonchev–Trinajstić information content (AvgIpc) is 2.49. The molecule has 3 rings (SSSR count). The molecule has 0 aliphatic heterocycles. The maximum absolute atomic E-state index is 11.4. The van der Waals surface area contributed by atoms with Crippen LogP contribution in [0.3, 0.4) is 0 Å². The van der Waals surface area contributed by atoms with Crippen molar-refractivity contribution >= 4 is 11.5 Å². The summed E-state index contributed by atoms with van der Waals surface area (Å²) in [6, 6.07) is 10.2. The normalized spacial score (nSPS) is 17.1. The Morgan fingerprint density at radius 2 is 2.00 bits per heavy atom. The quantitative estimate of drug-likeness (QED) is 0.785. The van der Waals surface area contributed by atoms with Crippen molar-refractivity contribution in [1.82, 2.24) is 4.98 Å². The third kappa shape index (κ3) is 2.54. The Hall–Kier alpha value is -2.42. The fourth-order valence-electron chi connectivity index (χ4n) is 3.05. The molecule has 0 N–H and O–H groups in total. The number of benzene rings is 1. The highest BCUT2D eigenvalue weighted by Gasteiger charge is 2.24. The SMILES string of the molecule is CC(=O)Oc1ccncc1C1=C(C)C(C)Cc2ccccc21. The molecular weight excluding hydrogens is 274 g/mol. The van der Waals surface area contributed by atoms with E-state index in [0.717, 1.165) is 17.6 Å². The predicted octanol–water partition coefficient (Wildman–Crippen LogP) is 4.02. The number of fused-ring (bicyclic) bond motifs is 1. The molecular formula is C19H19NO2. The second-order valence-electron chi connectivity index (χ2n) is 5.79. The van der Waals surface area contributed by atoms with Crippen LogP contribution in [0.25, 0.3) is 5.57 Å². The molecule has 1 aromatic carbocycles. The van der Waals surface area contributed by atoms with Gasteiger partial charge in [-0.15, -0.1) is 0 Å². The Bertz CT molecular complexity index is 762. The molecule has 1 atom stereocenters. The number of pyridine rings is 1. The van der Waals surface area contributed by atoms with E-state index in [4.69, 9.17) is 4.74 Å². The van der Waals surface area contributed by atoms with Crippen molar-refractivity contribution in [2.75, 3.05) is 0 Å². The molecule has 1 aromatic heterocycles. The molecule has 1 aliphatic rings. The van der Waals surface area contributed by atoms with Crippen molar-refractivity contribution in [1.29, 1.82) is 0 Å². The van der Waals surface area contributed by atoms with Crippen molar-refractivity contribution in [3.05, 3.63) is 65.0 Å². The number of esters is 1. The van der Waals surface area contributed by atoms with E-state index in [2.05, 4.69) is 37.0 Å². The van der Waals surface area contributed by atoms with E-state index in [1.165, 1.54) is 23.6 Å². The third-order valence-corrected chi connectivity index (χ3v) is 4.25. The van der Waals surface area contributed by atoms with E-state index in [-0.39, 0.29) is 5.97 Å². The predicted molar refractivity (Wildman–Crippen MR) is 86.6 cm³/mol. The number of nitrogens with zero attached hydrogens (tertiary/aromatic N) is 1. The van der Waals surface area contributed by atoms with Gasteiger partial charge in [0.25, 0.3) is 0 Å². The van der Waals surface area contributed by atoms with Crippen LogP contribution in [0.2, 0.25) is 0 Å². The molecule has 0 spiro atoms. The van der Waals surface area contributed by atoms with Crippen LogP contribution in [-0.4, -0.2) is 11.0 Å². The lowest BCUT2D eigenvalue weighted by molar-refractivity contribution is -0.131. The van der Waals surface area contributed by atoms with Crippen molar-refractivity contribution < 1.29 is 9.53 Å². The van der Waals surface area contributed by atoms with Crippen LogP contribution in [0.4, 0.5) is 0 Å². The van der Waals surface area contributed by atoms with E-state index in [1.807, 2.05) is 6.07 Å². The Morgan fingerprint density at radius 3 is 2.77 bits per heavy atom. The summed E-state index contributed by atoms with van der Waals surface area (Å²) in [7, 11) is 0. The van der Waals surface area contributed by atoms with Gasteiger partial charge in [-0.3, -0.25) is 9.78 Å². The van der Waals surface area contributed by atoms with Gasteiger partial charge in [0.2, 0.25) is 0 Å². The summed E-state index contributed by atoms with van der Waals surface area (Å²) < 4.78 is 5.38. The van der Waals surface area contributed by atoms with Crippen molar-refractivity contribution in [2.24, 2.45) is 5.92 Å². The summed E-state index contributed by atoms with van der Waals surface area (Å²) in [5, 5.41) is 0. The first-order valence-electron chi connectivity index (χ1n) is 7.49. The van der Waals surface area contributed by atoms with Gasteiger partial charge in [-0.1, -0.05) is 36.8 Å². The fraction of sp³-hybridized carbons (Fsp3) is 0.263. The molecule has 2 aromatic rings. The first-order valence-corrected chi connectivity index (χ1v) is 7.49. The molecule has 0 saturated carbocycles. The van der Waals surface area contributed by atoms with Crippen LogP contribution in [0.1, 0.15) is 37.5 Å². The molecule has 0 saturated heterocycles. The van der Waals surface area contributed by atoms with Gasteiger partial charge >= 0.3 is 5.97 Å². The van der Waals surface area contributed by atoms with Gasteiger partial charge in [0.1, 0.15) is 5.75 Å². The number of allylic oxidation sites excluding steroid dienone is 1. The number of hydrogen-bond acceptors (Lipinski definition) is 3. The van der Waals surface area contributed by atoms with Crippen LogP contribution in [0.15, 0.2) is 48.3 Å². The Morgan fingerprint density at radius 1 is 1.23 bits per heavy atom. The fourth-order valence-corrected chi connectivity index (χ4v) is 3.05. The third-order valence-electron chi connectivity index (χ3n) is 4.25. The summed E-state index contributed by atoms with van der Waals surface area (Å²) in [5.74, 6) is 0.707. The summed E-state index contributed by atoms with van der Waals surface area (Å²) in [6.45, 7) is 5.80. The molecule has 1 unspecified atom stereocenters. The van der Waals surface area contributed by atoms with E-state index in [1.54, 1.807) is 18.5 Å². The molecule has 3 heteroatoms. The minimum absolute atomic E-state index is 0.317. The van der Waals surface area contributed by atoms with E-state index in [9.17, 15) is 4.79 Å². The summed E-state index contributed by atoms with van der Waals surface area (Å²) in [5.41, 5.74) is 5.86. The van der Waals surface area contributed by atoms with Gasteiger partial charge in [-0.25, -0.2) is 0 Å². The second kappa shape index (κ2) is 5.76.